The fraction of sp³-hybridized carbons (Fsp3) is 0.348. The van der Waals surface area contributed by atoms with Gasteiger partial charge in [-0.2, -0.15) is 0 Å². The van der Waals surface area contributed by atoms with E-state index in [0.717, 1.165) is 35.4 Å². The number of rotatable bonds is 3. The van der Waals surface area contributed by atoms with E-state index in [-0.39, 0.29) is 0 Å². The highest BCUT2D eigenvalue weighted by Gasteiger charge is 2.21. The van der Waals surface area contributed by atoms with Gasteiger partial charge in [-0.15, -0.1) is 0 Å². The smallest absolute Gasteiger partial charge is 0.214 e. The van der Waals surface area contributed by atoms with Crippen molar-refractivity contribution in [1.82, 2.24) is 4.58 Å². The molecule has 1 aliphatic rings. The number of hydrogen-bond donors (Lipinski definition) is 0. The molecule has 0 amide bonds. The van der Waals surface area contributed by atoms with Crippen LogP contribution in [0.1, 0.15) is 19.8 Å². The lowest BCUT2D eigenvalue weighted by Crippen LogP contribution is -2.38. The summed E-state index contributed by atoms with van der Waals surface area (Å²) in [5, 5.41) is 2.41. The number of nitrogens with zero attached hydrogens (tertiary/aromatic N) is 1. The minimum Gasteiger partial charge on any atom is -0.493 e. The molecule has 0 N–H and O–H groups in total. The molecule has 0 aliphatic carbocycles. The predicted molar refractivity (Wildman–Crippen MR) is 108 cm³/mol. The Labute approximate surface area is 159 Å². The topological polar surface area (TPSA) is 34.6 Å². The highest BCUT2D eigenvalue weighted by Crippen LogP contribution is 2.32. The Morgan fingerprint density at radius 3 is 2.59 bits per heavy atom. The van der Waals surface area contributed by atoms with Crippen LogP contribution in [0.5, 0.6) is 11.5 Å². The van der Waals surface area contributed by atoms with Crippen molar-refractivity contribution in [1.29, 1.82) is 0 Å². The second kappa shape index (κ2) is 7.47. The molecular weight excluding hydrogens is 338 g/mol. The average Bonchev–Trinajstić information content (AvgIpc) is 2.72. The van der Waals surface area contributed by atoms with Gasteiger partial charge in [0.15, 0.2) is 11.5 Å². The van der Waals surface area contributed by atoms with Crippen molar-refractivity contribution in [3.63, 3.8) is 0 Å². The third kappa shape index (κ3) is 3.44. The van der Waals surface area contributed by atoms with Crippen LogP contribution in [0.15, 0.2) is 52.9 Å². The van der Waals surface area contributed by atoms with Crippen molar-refractivity contribution in [2.45, 2.75) is 19.8 Å². The second-order valence-electron chi connectivity index (χ2n) is 7.26. The summed E-state index contributed by atoms with van der Waals surface area (Å²) in [6, 6.07) is 16.3. The maximum atomic E-state index is 6.26. The number of hydrogen-bond acceptors (Lipinski definition) is 3. The third-order valence-electron chi connectivity index (χ3n) is 5.32. The molecule has 0 spiro atoms. The molecule has 4 rings (SSSR count). The van der Waals surface area contributed by atoms with Gasteiger partial charge in [0.1, 0.15) is 24.4 Å². The summed E-state index contributed by atoms with van der Waals surface area (Å²) in [6.07, 6.45) is 2.53. The van der Waals surface area contributed by atoms with Crippen molar-refractivity contribution in [3.05, 3.63) is 53.9 Å². The molecule has 0 radical (unpaired) electrons. The van der Waals surface area contributed by atoms with E-state index < -0.39 is 0 Å². The lowest BCUT2D eigenvalue weighted by Gasteiger charge is -2.17. The Kier molecular flexibility index (Phi) is 4.88. The number of benzene rings is 2. The Hall–Kier alpha value is -2.75. The first-order valence-electron chi connectivity index (χ1n) is 9.53. The molecular formula is C23H26NO3+. The maximum Gasteiger partial charge on any atom is 0.214 e. The lowest BCUT2D eigenvalue weighted by atomic mass is 10.0. The summed E-state index contributed by atoms with van der Waals surface area (Å²) in [7, 11) is 3.30. The van der Waals surface area contributed by atoms with E-state index in [1.807, 2.05) is 30.3 Å². The number of para-hydroxylation sites is 1. The van der Waals surface area contributed by atoms with Crippen molar-refractivity contribution < 1.29 is 13.9 Å². The zero-order chi connectivity index (χ0) is 18.8. The van der Waals surface area contributed by atoms with Gasteiger partial charge in [0.2, 0.25) is 5.36 Å². The van der Waals surface area contributed by atoms with Crippen molar-refractivity contribution >= 4 is 11.0 Å². The molecule has 0 bridgehead atoms. The van der Waals surface area contributed by atoms with Gasteiger partial charge >= 0.3 is 0 Å². The van der Waals surface area contributed by atoms with Crippen molar-refractivity contribution in [2.24, 2.45) is 5.92 Å². The molecule has 2 heterocycles. The Balaban J connectivity index is 1.94. The van der Waals surface area contributed by atoms with E-state index in [1.165, 1.54) is 18.2 Å². The molecule has 3 aromatic rings. The van der Waals surface area contributed by atoms with Crippen molar-refractivity contribution in [2.75, 3.05) is 27.3 Å². The summed E-state index contributed by atoms with van der Waals surface area (Å²) in [4.78, 5) is 0. The molecule has 1 fully saturated rings. The highest BCUT2D eigenvalue weighted by atomic mass is 16.5. The molecule has 0 unspecified atom stereocenters. The van der Waals surface area contributed by atoms with E-state index >= 15 is 0 Å². The monoisotopic (exact) mass is 364 g/mol. The standard InChI is InChI=1S/C23H26NO3/c1-16-7-6-12-24(15-16)19-14-22(27-20-9-5-4-8-18(19)20)17-10-11-21(25-2)23(13-17)26-3/h4-5,8-11,13-14,16H,6-7,12,15H2,1-3H3/q+1/t16-/m1/s1. The summed E-state index contributed by atoms with van der Waals surface area (Å²) in [6.45, 7) is 4.50. The molecule has 4 heteroatoms. The first-order chi connectivity index (χ1) is 13.2. The molecule has 2 aromatic carbocycles. The van der Waals surface area contributed by atoms with Gasteiger partial charge in [-0.1, -0.05) is 19.1 Å². The minimum absolute atomic E-state index is 0.700. The molecule has 1 aliphatic heterocycles. The second-order valence-corrected chi connectivity index (χ2v) is 7.26. The number of methoxy groups -OCH3 is 2. The summed E-state index contributed by atoms with van der Waals surface area (Å²) in [5.74, 6) is 2.96. The van der Waals surface area contributed by atoms with Gasteiger partial charge in [-0.25, -0.2) is 4.58 Å². The maximum absolute atomic E-state index is 6.26. The third-order valence-corrected chi connectivity index (χ3v) is 5.32. The van der Waals surface area contributed by atoms with E-state index in [0.29, 0.717) is 17.4 Å². The van der Waals surface area contributed by atoms with Crippen LogP contribution >= 0.6 is 0 Å². The first-order valence-corrected chi connectivity index (χ1v) is 9.53. The molecule has 140 valence electrons. The van der Waals surface area contributed by atoms with Gasteiger partial charge in [-0.05, 0) is 36.8 Å². The van der Waals surface area contributed by atoms with Crippen molar-refractivity contribution in [3.8, 4) is 22.8 Å². The number of ether oxygens (including phenoxy) is 2. The minimum atomic E-state index is 0.700. The number of piperidine rings is 1. The molecule has 1 atom stereocenters. The van der Waals surface area contributed by atoms with Gasteiger partial charge in [0.25, 0.3) is 0 Å². The van der Waals surface area contributed by atoms with E-state index in [4.69, 9.17) is 13.9 Å². The zero-order valence-electron chi connectivity index (χ0n) is 16.2. The number of fused-ring (bicyclic) bond motifs is 1. The van der Waals surface area contributed by atoms with Crippen LogP contribution in [0.4, 0.5) is 0 Å². The van der Waals surface area contributed by atoms with Crippen LogP contribution in [0.3, 0.4) is 0 Å². The van der Waals surface area contributed by atoms with Crippen LogP contribution in [0.2, 0.25) is 0 Å². The predicted octanol–water partition coefficient (Wildman–Crippen LogP) is 4.32. The normalized spacial score (nSPS) is 19.1. The molecule has 1 aromatic heterocycles. The van der Waals surface area contributed by atoms with Gasteiger partial charge in [0, 0.05) is 17.9 Å². The van der Waals surface area contributed by atoms with Crippen LogP contribution in [-0.2, 0) is 0 Å². The molecule has 1 saturated heterocycles. The Morgan fingerprint density at radius 1 is 1.00 bits per heavy atom. The zero-order valence-corrected chi connectivity index (χ0v) is 16.2. The summed E-state index contributed by atoms with van der Waals surface area (Å²) in [5.41, 5.74) is 1.88. The molecule has 27 heavy (non-hydrogen) atoms. The summed E-state index contributed by atoms with van der Waals surface area (Å²) >= 11 is 0. The Morgan fingerprint density at radius 2 is 1.81 bits per heavy atom. The van der Waals surface area contributed by atoms with Crippen LogP contribution < -0.4 is 19.4 Å². The molecule has 4 nitrogen and oxygen atoms in total. The quantitative estimate of drug-likeness (QED) is 0.649. The Bertz CT molecular complexity index is 1040. The van der Waals surface area contributed by atoms with E-state index in [9.17, 15) is 0 Å². The van der Waals surface area contributed by atoms with Crippen LogP contribution in [0.25, 0.3) is 22.3 Å². The fourth-order valence-corrected chi connectivity index (χ4v) is 3.92. The van der Waals surface area contributed by atoms with Crippen LogP contribution in [0, 0.1) is 5.92 Å². The van der Waals surface area contributed by atoms with Crippen LogP contribution in [-0.4, -0.2) is 27.3 Å². The molecule has 0 saturated carbocycles. The van der Waals surface area contributed by atoms with Gasteiger partial charge in [0.05, 0.1) is 25.7 Å². The largest absolute Gasteiger partial charge is 0.493 e. The van der Waals surface area contributed by atoms with Gasteiger partial charge in [-0.3, -0.25) is 0 Å². The highest BCUT2D eigenvalue weighted by molar-refractivity contribution is 5.78. The SMILES string of the molecule is COc1ccc(-c2cc(=[N+]3CCC[C@@H](C)C3)c3ccccc3o2)cc1OC. The van der Waals surface area contributed by atoms with E-state index in [2.05, 4.69) is 29.7 Å². The average molecular weight is 364 g/mol. The van der Waals surface area contributed by atoms with Gasteiger partial charge < -0.3 is 13.9 Å². The van der Waals surface area contributed by atoms with E-state index in [1.54, 1.807) is 14.2 Å². The first kappa shape index (κ1) is 17.7. The summed E-state index contributed by atoms with van der Waals surface area (Å²) < 4.78 is 19.6. The lowest BCUT2D eigenvalue weighted by molar-refractivity contribution is 0.355. The fourth-order valence-electron chi connectivity index (χ4n) is 3.92.